The second kappa shape index (κ2) is 11.4. The number of carbonyl (C=O) groups is 1. The Morgan fingerprint density at radius 3 is 2.34 bits per heavy atom. The highest BCUT2D eigenvalue weighted by Crippen LogP contribution is 2.23. The van der Waals surface area contributed by atoms with Crippen molar-refractivity contribution in [1.29, 1.82) is 0 Å². The number of ether oxygens (including phenoxy) is 1. The molecule has 9 nitrogen and oxygen atoms in total. The summed E-state index contributed by atoms with van der Waals surface area (Å²) in [6.07, 6.45) is 1.74. The van der Waals surface area contributed by atoms with Crippen molar-refractivity contribution in [3.05, 3.63) is 59.5 Å². The lowest BCUT2D eigenvalue weighted by Crippen LogP contribution is -2.32. The van der Waals surface area contributed by atoms with Gasteiger partial charge in [-0.2, -0.15) is 4.98 Å². The number of amides is 1. The lowest BCUT2D eigenvalue weighted by Gasteiger charge is -2.23. The zero-order chi connectivity index (χ0) is 25.6. The molecule has 10 heteroatoms. The summed E-state index contributed by atoms with van der Waals surface area (Å²) in [6.45, 7) is 6.73. The van der Waals surface area contributed by atoms with Gasteiger partial charge in [-0.05, 0) is 74.7 Å². The number of carbonyl (C=O) groups excluding carboxylic acids is 1. The van der Waals surface area contributed by atoms with E-state index in [4.69, 9.17) is 9.26 Å². The summed E-state index contributed by atoms with van der Waals surface area (Å²) >= 11 is 0. The molecule has 0 aliphatic heterocycles. The van der Waals surface area contributed by atoms with Gasteiger partial charge in [0.2, 0.25) is 27.6 Å². The summed E-state index contributed by atoms with van der Waals surface area (Å²) in [6, 6.07) is 13.0. The Hall–Kier alpha value is -3.40. The smallest absolute Gasteiger partial charge is 0.246 e. The van der Waals surface area contributed by atoms with Crippen LogP contribution in [0.25, 0.3) is 11.4 Å². The Morgan fingerprint density at radius 1 is 1.09 bits per heavy atom. The van der Waals surface area contributed by atoms with Crippen molar-refractivity contribution >= 4 is 21.6 Å². The third-order valence-corrected chi connectivity index (χ3v) is 6.53. The molecular formula is C25H32N4O5S. The van der Waals surface area contributed by atoms with Gasteiger partial charge in [-0.25, -0.2) is 8.42 Å². The molecule has 1 heterocycles. The number of benzene rings is 2. The molecule has 0 aliphatic carbocycles. The van der Waals surface area contributed by atoms with Crippen molar-refractivity contribution in [2.24, 2.45) is 0 Å². The molecule has 188 valence electrons. The summed E-state index contributed by atoms with van der Waals surface area (Å²) in [5.74, 6) is 1.37. The first-order valence-electron chi connectivity index (χ1n) is 11.4. The molecule has 0 saturated heterocycles. The molecule has 1 aromatic heterocycles. The minimum Gasteiger partial charge on any atom is -0.494 e. The molecule has 0 radical (unpaired) electrons. The van der Waals surface area contributed by atoms with Crippen molar-refractivity contribution in [2.75, 3.05) is 30.8 Å². The van der Waals surface area contributed by atoms with E-state index >= 15 is 0 Å². The molecular weight excluding hydrogens is 468 g/mol. The van der Waals surface area contributed by atoms with Crippen molar-refractivity contribution in [3.63, 3.8) is 0 Å². The van der Waals surface area contributed by atoms with E-state index in [0.717, 1.165) is 22.4 Å². The van der Waals surface area contributed by atoms with Gasteiger partial charge in [0.25, 0.3) is 0 Å². The SMILES string of the molecule is CCOc1ccc(-c2noc(CN(C)C(=O)CCCN(c3cc(C)cc(C)c3)S(C)(=O)=O)n2)cc1. The molecule has 0 atom stereocenters. The molecule has 0 fully saturated rings. The number of sulfonamides is 1. The van der Waals surface area contributed by atoms with E-state index in [0.29, 0.717) is 30.4 Å². The molecule has 0 spiro atoms. The molecule has 0 aliphatic rings. The van der Waals surface area contributed by atoms with E-state index in [2.05, 4.69) is 10.1 Å². The van der Waals surface area contributed by atoms with Crippen LogP contribution in [0.3, 0.4) is 0 Å². The Morgan fingerprint density at radius 2 is 1.74 bits per heavy atom. The standard InChI is InChI=1S/C25H32N4O5S/c1-6-33-22-11-9-20(10-12-22)25-26-23(34-27-25)17-28(4)24(30)8-7-13-29(35(5,31)32)21-15-18(2)14-19(3)16-21/h9-12,14-16H,6-8,13,17H2,1-5H3. The van der Waals surface area contributed by atoms with Crippen LogP contribution >= 0.6 is 0 Å². The fourth-order valence-corrected chi connectivity index (χ4v) is 4.69. The summed E-state index contributed by atoms with van der Waals surface area (Å²) < 4.78 is 36.8. The van der Waals surface area contributed by atoms with Crippen molar-refractivity contribution in [2.45, 2.75) is 40.2 Å². The highest BCUT2D eigenvalue weighted by molar-refractivity contribution is 7.92. The average Bonchev–Trinajstić information content (AvgIpc) is 3.24. The molecule has 1 amide bonds. The maximum atomic E-state index is 12.7. The van der Waals surface area contributed by atoms with Crippen LogP contribution < -0.4 is 9.04 Å². The van der Waals surface area contributed by atoms with Crippen LogP contribution in [0.15, 0.2) is 47.0 Å². The Kier molecular flexibility index (Phi) is 8.50. The molecule has 2 aromatic carbocycles. The van der Waals surface area contributed by atoms with Crippen molar-refractivity contribution in [1.82, 2.24) is 15.0 Å². The summed E-state index contributed by atoms with van der Waals surface area (Å²) in [5, 5.41) is 4.00. The quantitative estimate of drug-likeness (QED) is 0.392. The van der Waals surface area contributed by atoms with E-state index in [1.807, 2.05) is 63.2 Å². The van der Waals surface area contributed by atoms with E-state index in [1.165, 1.54) is 15.5 Å². The third kappa shape index (κ3) is 7.29. The van der Waals surface area contributed by atoms with Crippen LogP contribution in [0, 0.1) is 13.8 Å². The maximum absolute atomic E-state index is 12.7. The number of anilines is 1. The number of aryl methyl sites for hydroxylation is 2. The van der Waals surface area contributed by atoms with Crippen molar-refractivity contribution in [3.8, 4) is 17.1 Å². The lowest BCUT2D eigenvalue weighted by atomic mass is 10.1. The summed E-state index contributed by atoms with van der Waals surface area (Å²) in [7, 11) is -1.83. The monoisotopic (exact) mass is 500 g/mol. The summed E-state index contributed by atoms with van der Waals surface area (Å²) in [4.78, 5) is 18.5. The predicted octanol–water partition coefficient (Wildman–Crippen LogP) is 3.96. The Bertz CT molecular complexity index is 1230. The van der Waals surface area contributed by atoms with Crippen LogP contribution in [-0.4, -0.2) is 55.8 Å². The van der Waals surface area contributed by atoms with Gasteiger partial charge in [0.15, 0.2) is 0 Å². The predicted molar refractivity (Wildman–Crippen MR) is 135 cm³/mol. The second-order valence-electron chi connectivity index (χ2n) is 8.50. The zero-order valence-corrected chi connectivity index (χ0v) is 21.6. The van der Waals surface area contributed by atoms with Gasteiger partial charge in [0.1, 0.15) is 5.75 Å². The van der Waals surface area contributed by atoms with Gasteiger partial charge in [-0.1, -0.05) is 11.2 Å². The number of hydrogen-bond acceptors (Lipinski definition) is 7. The maximum Gasteiger partial charge on any atom is 0.246 e. The van der Waals surface area contributed by atoms with Gasteiger partial charge in [0, 0.05) is 25.6 Å². The minimum atomic E-state index is -3.48. The highest BCUT2D eigenvalue weighted by Gasteiger charge is 2.20. The first-order chi connectivity index (χ1) is 16.6. The van der Waals surface area contributed by atoms with Gasteiger partial charge in [0.05, 0.1) is 25.1 Å². The average molecular weight is 501 g/mol. The van der Waals surface area contributed by atoms with E-state index in [-0.39, 0.29) is 25.4 Å². The number of aromatic nitrogens is 2. The first kappa shape index (κ1) is 26.2. The second-order valence-corrected chi connectivity index (χ2v) is 10.4. The van der Waals surface area contributed by atoms with E-state index in [1.54, 1.807) is 7.05 Å². The molecule has 0 unspecified atom stereocenters. The van der Waals surface area contributed by atoms with Gasteiger partial charge < -0.3 is 14.2 Å². The molecule has 0 N–H and O–H groups in total. The molecule has 0 bridgehead atoms. The molecule has 0 saturated carbocycles. The fourth-order valence-electron chi connectivity index (χ4n) is 3.74. The topological polar surface area (TPSA) is 106 Å². The fraction of sp³-hybridized carbons (Fsp3) is 0.400. The highest BCUT2D eigenvalue weighted by atomic mass is 32.2. The van der Waals surface area contributed by atoms with Gasteiger partial charge in [-0.15, -0.1) is 0 Å². The molecule has 3 rings (SSSR count). The number of rotatable bonds is 11. The van der Waals surface area contributed by atoms with E-state index in [9.17, 15) is 13.2 Å². The van der Waals surface area contributed by atoms with Crippen LogP contribution in [0.4, 0.5) is 5.69 Å². The summed E-state index contributed by atoms with van der Waals surface area (Å²) in [5.41, 5.74) is 3.35. The first-order valence-corrected chi connectivity index (χ1v) is 13.3. The largest absolute Gasteiger partial charge is 0.494 e. The zero-order valence-electron chi connectivity index (χ0n) is 20.8. The third-order valence-electron chi connectivity index (χ3n) is 5.34. The molecule has 3 aromatic rings. The van der Waals surface area contributed by atoms with Crippen LogP contribution in [0.5, 0.6) is 5.75 Å². The van der Waals surface area contributed by atoms with Crippen LogP contribution in [0.1, 0.15) is 36.8 Å². The normalized spacial score (nSPS) is 11.3. The van der Waals surface area contributed by atoms with Gasteiger partial charge >= 0.3 is 0 Å². The number of hydrogen-bond donors (Lipinski definition) is 0. The minimum absolute atomic E-state index is 0.139. The van der Waals surface area contributed by atoms with Crippen LogP contribution in [-0.2, 0) is 21.4 Å². The molecule has 35 heavy (non-hydrogen) atoms. The van der Waals surface area contributed by atoms with Gasteiger partial charge in [-0.3, -0.25) is 9.10 Å². The lowest BCUT2D eigenvalue weighted by molar-refractivity contribution is -0.130. The Labute approximate surface area is 206 Å². The Balaban J connectivity index is 1.56. The van der Waals surface area contributed by atoms with Crippen molar-refractivity contribution < 1.29 is 22.5 Å². The van der Waals surface area contributed by atoms with Crippen LogP contribution in [0.2, 0.25) is 0 Å². The number of nitrogens with zero attached hydrogens (tertiary/aromatic N) is 4. The van der Waals surface area contributed by atoms with E-state index < -0.39 is 10.0 Å².